The monoisotopic (exact) mass is 366 g/mol. The smallest absolute Gasteiger partial charge is 0.289 e. The number of halogens is 1. The standard InChI is InChI=1S/C17H19FN2O4S/c1-13-12-14(5-6-15(13)18)25(22,23)20-8-3-7-19(9-10-20)17(21)16-4-2-11-24-16/h2,4-6,11-12H,3,7-10H2,1H3. The first kappa shape index (κ1) is 17.6. The number of amides is 1. The summed E-state index contributed by atoms with van der Waals surface area (Å²) in [5, 5.41) is 0. The number of carbonyl (C=O) groups excluding carboxylic acids is 1. The summed E-state index contributed by atoms with van der Waals surface area (Å²) in [5.41, 5.74) is 0.283. The van der Waals surface area contributed by atoms with Gasteiger partial charge >= 0.3 is 0 Å². The second-order valence-electron chi connectivity index (χ2n) is 5.94. The minimum absolute atomic E-state index is 0.0669. The Morgan fingerprint density at radius 2 is 1.96 bits per heavy atom. The highest BCUT2D eigenvalue weighted by Crippen LogP contribution is 2.21. The van der Waals surface area contributed by atoms with Crippen molar-refractivity contribution in [2.45, 2.75) is 18.2 Å². The van der Waals surface area contributed by atoms with E-state index in [2.05, 4.69) is 0 Å². The van der Waals surface area contributed by atoms with Crippen LogP contribution in [0.2, 0.25) is 0 Å². The van der Waals surface area contributed by atoms with E-state index in [1.165, 1.54) is 29.6 Å². The molecule has 2 heterocycles. The third kappa shape index (κ3) is 3.59. The Bertz CT molecular complexity index is 865. The summed E-state index contributed by atoms with van der Waals surface area (Å²) >= 11 is 0. The number of nitrogens with zero attached hydrogens (tertiary/aromatic N) is 2. The fraction of sp³-hybridized carbons (Fsp3) is 0.353. The quantitative estimate of drug-likeness (QED) is 0.835. The van der Waals surface area contributed by atoms with Crippen molar-refractivity contribution in [3.8, 4) is 0 Å². The van der Waals surface area contributed by atoms with Crippen LogP contribution in [0.1, 0.15) is 22.5 Å². The van der Waals surface area contributed by atoms with Gasteiger partial charge in [-0.1, -0.05) is 0 Å². The summed E-state index contributed by atoms with van der Waals surface area (Å²) in [6.07, 6.45) is 1.95. The van der Waals surface area contributed by atoms with Crippen molar-refractivity contribution < 1.29 is 22.0 Å². The van der Waals surface area contributed by atoms with Crippen LogP contribution in [-0.4, -0.2) is 49.7 Å². The van der Waals surface area contributed by atoms with Crippen molar-refractivity contribution in [3.05, 3.63) is 53.7 Å². The van der Waals surface area contributed by atoms with Crippen LogP contribution in [0, 0.1) is 12.7 Å². The van der Waals surface area contributed by atoms with E-state index in [4.69, 9.17) is 4.42 Å². The third-order valence-electron chi connectivity index (χ3n) is 4.24. The Kier molecular flexibility index (Phi) is 4.91. The number of aryl methyl sites for hydroxylation is 1. The van der Waals surface area contributed by atoms with Gasteiger partial charge in [0, 0.05) is 26.2 Å². The van der Waals surface area contributed by atoms with Crippen LogP contribution in [0.5, 0.6) is 0 Å². The van der Waals surface area contributed by atoms with Gasteiger partial charge in [-0.2, -0.15) is 4.31 Å². The molecule has 0 radical (unpaired) electrons. The molecule has 1 amide bonds. The number of furan rings is 1. The van der Waals surface area contributed by atoms with Crippen LogP contribution in [0.15, 0.2) is 45.9 Å². The van der Waals surface area contributed by atoms with E-state index < -0.39 is 15.8 Å². The molecular weight excluding hydrogens is 347 g/mol. The average molecular weight is 366 g/mol. The van der Waals surface area contributed by atoms with Crippen molar-refractivity contribution in [2.24, 2.45) is 0 Å². The molecule has 1 aliphatic rings. The molecule has 3 rings (SSSR count). The Hall–Kier alpha value is -2.19. The second kappa shape index (κ2) is 6.97. The van der Waals surface area contributed by atoms with Gasteiger partial charge < -0.3 is 9.32 Å². The van der Waals surface area contributed by atoms with E-state index in [1.807, 2.05) is 0 Å². The molecular formula is C17H19FN2O4S. The highest BCUT2D eigenvalue weighted by atomic mass is 32.2. The van der Waals surface area contributed by atoms with Crippen molar-refractivity contribution >= 4 is 15.9 Å². The molecule has 0 aliphatic carbocycles. The first-order chi connectivity index (χ1) is 11.9. The predicted octanol–water partition coefficient (Wildman–Crippen LogP) is 2.26. The third-order valence-corrected chi connectivity index (χ3v) is 6.14. The minimum atomic E-state index is -3.72. The van der Waals surface area contributed by atoms with Gasteiger partial charge in [-0.15, -0.1) is 0 Å². The lowest BCUT2D eigenvalue weighted by atomic mass is 10.2. The molecule has 1 aromatic heterocycles. The number of hydrogen-bond acceptors (Lipinski definition) is 4. The summed E-state index contributed by atoms with van der Waals surface area (Å²) in [6, 6.07) is 6.99. The summed E-state index contributed by atoms with van der Waals surface area (Å²) in [5.74, 6) is -0.447. The molecule has 1 aromatic carbocycles. The molecule has 6 nitrogen and oxygen atoms in total. The Balaban J connectivity index is 1.76. The van der Waals surface area contributed by atoms with Crippen molar-refractivity contribution in [2.75, 3.05) is 26.2 Å². The summed E-state index contributed by atoms with van der Waals surface area (Å²) in [6.45, 7) is 2.75. The van der Waals surface area contributed by atoms with Gasteiger partial charge in [0.05, 0.1) is 11.2 Å². The highest BCUT2D eigenvalue weighted by Gasteiger charge is 2.29. The van der Waals surface area contributed by atoms with Gasteiger partial charge in [0.2, 0.25) is 10.0 Å². The zero-order valence-corrected chi connectivity index (χ0v) is 14.6. The van der Waals surface area contributed by atoms with Crippen LogP contribution in [0.25, 0.3) is 0 Å². The molecule has 8 heteroatoms. The van der Waals surface area contributed by atoms with E-state index >= 15 is 0 Å². The number of sulfonamides is 1. The van der Waals surface area contributed by atoms with Crippen molar-refractivity contribution in [3.63, 3.8) is 0 Å². The highest BCUT2D eigenvalue weighted by molar-refractivity contribution is 7.89. The van der Waals surface area contributed by atoms with Crippen LogP contribution in [-0.2, 0) is 10.0 Å². The van der Waals surface area contributed by atoms with E-state index in [0.29, 0.717) is 19.5 Å². The average Bonchev–Trinajstić information content (AvgIpc) is 3.00. The molecule has 1 saturated heterocycles. The van der Waals surface area contributed by atoms with Gasteiger partial charge in [-0.05, 0) is 49.2 Å². The number of carbonyl (C=O) groups is 1. The van der Waals surface area contributed by atoms with Gasteiger partial charge in [-0.25, -0.2) is 12.8 Å². The van der Waals surface area contributed by atoms with Crippen LogP contribution in [0.4, 0.5) is 4.39 Å². The topological polar surface area (TPSA) is 70.8 Å². The summed E-state index contributed by atoms with van der Waals surface area (Å²) < 4.78 is 45.4. The first-order valence-electron chi connectivity index (χ1n) is 7.98. The zero-order valence-electron chi connectivity index (χ0n) is 13.8. The number of benzene rings is 1. The Morgan fingerprint density at radius 1 is 1.16 bits per heavy atom. The fourth-order valence-corrected chi connectivity index (χ4v) is 4.38. The maximum atomic E-state index is 13.4. The van der Waals surface area contributed by atoms with Gasteiger partial charge in [0.1, 0.15) is 5.82 Å². The molecule has 1 aliphatic heterocycles. The molecule has 0 unspecified atom stereocenters. The molecule has 1 fully saturated rings. The molecule has 25 heavy (non-hydrogen) atoms. The van der Waals surface area contributed by atoms with E-state index in [-0.39, 0.29) is 35.2 Å². The minimum Gasteiger partial charge on any atom is -0.459 e. The van der Waals surface area contributed by atoms with E-state index in [0.717, 1.165) is 6.07 Å². The molecule has 0 saturated carbocycles. The Labute approximate surface area is 145 Å². The Morgan fingerprint density at radius 3 is 2.64 bits per heavy atom. The summed E-state index contributed by atoms with van der Waals surface area (Å²) in [4.78, 5) is 14.0. The van der Waals surface area contributed by atoms with Crippen LogP contribution >= 0.6 is 0 Å². The largest absolute Gasteiger partial charge is 0.459 e. The first-order valence-corrected chi connectivity index (χ1v) is 9.42. The SMILES string of the molecule is Cc1cc(S(=O)(=O)N2CCCN(C(=O)c3ccco3)CC2)ccc1F. The van der Waals surface area contributed by atoms with E-state index in [9.17, 15) is 17.6 Å². The summed E-state index contributed by atoms with van der Waals surface area (Å²) in [7, 11) is -3.72. The maximum absolute atomic E-state index is 13.4. The lowest BCUT2D eigenvalue weighted by molar-refractivity contribution is 0.0732. The maximum Gasteiger partial charge on any atom is 0.289 e. The number of hydrogen-bond donors (Lipinski definition) is 0. The van der Waals surface area contributed by atoms with Crippen LogP contribution in [0.3, 0.4) is 0 Å². The normalized spacial score (nSPS) is 16.6. The van der Waals surface area contributed by atoms with Gasteiger partial charge in [0.25, 0.3) is 5.91 Å². The number of rotatable bonds is 3. The lowest BCUT2D eigenvalue weighted by Gasteiger charge is -2.21. The van der Waals surface area contributed by atoms with Crippen molar-refractivity contribution in [1.29, 1.82) is 0 Å². The molecule has 0 N–H and O–H groups in total. The molecule has 2 aromatic rings. The van der Waals surface area contributed by atoms with Crippen LogP contribution < -0.4 is 0 Å². The van der Waals surface area contributed by atoms with Gasteiger partial charge in [-0.3, -0.25) is 4.79 Å². The predicted molar refractivity (Wildman–Crippen MR) is 89.1 cm³/mol. The fourth-order valence-electron chi connectivity index (χ4n) is 2.82. The molecule has 0 atom stereocenters. The van der Waals surface area contributed by atoms with E-state index in [1.54, 1.807) is 17.0 Å². The second-order valence-corrected chi connectivity index (χ2v) is 7.88. The molecule has 0 bridgehead atoms. The zero-order chi connectivity index (χ0) is 18.0. The lowest BCUT2D eigenvalue weighted by Crippen LogP contribution is -2.37. The molecule has 134 valence electrons. The van der Waals surface area contributed by atoms with Gasteiger partial charge in [0.15, 0.2) is 5.76 Å². The van der Waals surface area contributed by atoms with Crippen molar-refractivity contribution in [1.82, 2.24) is 9.21 Å². The molecule has 0 spiro atoms.